The second-order valence-electron chi connectivity index (χ2n) is 4.69. The van der Waals surface area contributed by atoms with Crippen molar-refractivity contribution in [2.24, 2.45) is 5.92 Å². The quantitative estimate of drug-likeness (QED) is 0.731. The van der Waals surface area contributed by atoms with Gasteiger partial charge in [-0.2, -0.15) is 0 Å². The zero-order valence-corrected chi connectivity index (χ0v) is 11.4. The largest absolute Gasteiger partial charge is 0.374 e. The molecule has 2 nitrogen and oxygen atoms in total. The van der Waals surface area contributed by atoms with Crippen LogP contribution in [0.5, 0.6) is 0 Å². The van der Waals surface area contributed by atoms with Gasteiger partial charge in [0.05, 0.1) is 5.88 Å². The Labute approximate surface area is 104 Å². The van der Waals surface area contributed by atoms with Crippen LogP contribution in [0.4, 0.5) is 5.69 Å². The third-order valence-corrected chi connectivity index (χ3v) is 2.98. The van der Waals surface area contributed by atoms with Crippen molar-refractivity contribution >= 4 is 17.3 Å². The van der Waals surface area contributed by atoms with Gasteiger partial charge in [-0.15, -0.1) is 11.6 Å². The fourth-order valence-electron chi connectivity index (χ4n) is 1.60. The van der Waals surface area contributed by atoms with E-state index >= 15 is 0 Å². The Bertz CT molecular complexity index is 337. The van der Waals surface area contributed by atoms with Crippen molar-refractivity contribution in [3.05, 3.63) is 23.5 Å². The number of halogens is 1. The average Bonchev–Trinajstić information content (AvgIpc) is 2.25. The van der Waals surface area contributed by atoms with E-state index in [-0.39, 0.29) is 0 Å². The van der Waals surface area contributed by atoms with Crippen LogP contribution in [0.15, 0.2) is 12.3 Å². The minimum absolute atomic E-state index is 0.522. The minimum atomic E-state index is 0.522. The molecular formula is C13H21ClN2. The highest BCUT2D eigenvalue weighted by Crippen LogP contribution is 2.22. The fourth-order valence-corrected chi connectivity index (χ4v) is 1.81. The Morgan fingerprint density at radius 3 is 2.69 bits per heavy atom. The van der Waals surface area contributed by atoms with Gasteiger partial charge in [-0.25, -0.2) is 0 Å². The van der Waals surface area contributed by atoms with Gasteiger partial charge in [0, 0.05) is 36.7 Å². The van der Waals surface area contributed by atoms with Crippen LogP contribution in [-0.4, -0.2) is 18.6 Å². The van der Waals surface area contributed by atoms with Gasteiger partial charge < -0.3 is 4.90 Å². The Morgan fingerprint density at radius 2 is 2.12 bits per heavy atom. The summed E-state index contributed by atoms with van der Waals surface area (Å²) in [5, 5.41) is 0. The molecule has 3 heteroatoms. The number of anilines is 1. The van der Waals surface area contributed by atoms with Gasteiger partial charge >= 0.3 is 0 Å². The van der Waals surface area contributed by atoms with Crippen molar-refractivity contribution in [3.8, 4) is 0 Å². The normalized spacial score (nSPS) is 10.9. The third-order valence-electron chi connectivity index (χ3n) is 2.70. The lowest BCUT2D eigenvalue weighted by atomic mass is 10.1. The molecule has 90 valence electrons. The number of nitrogens with zero attached hydrogens (tertiary/aromatic N) is 2. The lowest BCUT2D eigenvalue weighted by molar-refractivity contribution is 0.585. The summed E-state index contributed by atoms with van der Waals surface area (Å²) in [5.41, 5.74) is 3.36. The Morgan fingerprint density at radius 1 is 1.44 bits per heavy atom. The molecule has 0 aliphatic heterocycles. The summed E-state index contributed by atoms with van der Waals surface area (Å²) in [7, 11) is 2.12. The SMILES string of the molecule is Cc1cc(N(C)CCC(C)C)c(CCl)cn1. The lowest BCUT2D eigenvalue weighted by Crippen LogP contribution is -2.21. The molecule has 16 heavy (non-hydrogen) atoms. The van der Waals surface area contributed by atoms with E-state index in [1.165, 1.54) is 12.1 Å². The molecule has 1 aromatic rings. The molecule has 1 aromatic heterocycles. The van der Waals surface area contributed by atoms with E-state index in [0.29, 0.717) is 5.88 Å². The summed E-state index contributed by atoms with van der Waals surface area (Å²) in [5.74, 6) is 1.25. The first-order chi connectivity index (χ1) is 7.54. The molecule has 0 aromatic carbocycles. The second-order valence-corrected chi connectivity index (χ2v) is 4.96. The van der Waals surface area contributed by atoms with Crippen molar-refractivity contribution < 1.29 is 0 Å². The number of rotatable bonds is 5. The standard InChI is InChI=1S/C13H21ClN2/c1-10(2)5-6-16(4)13-7-11(3)15-9-12(13)8-14/h7,9-10H,5-6,8H2,1-4H3. The molecule has 0 bridgehead atoms. The molecule has 0 N–H and O–H groups in total. The monoisotopic (exact) mass is 240 g/mol. The second kappa shape index (κ2) is 6.09. The number of pyridine rings is 1. The molecule has 0 atom stereocenters. The summed E-state index contributed by atoms with van der Waals surface area (Å²) in [6, 6.07) is 2.11. The number of hydrogen-bond acceptors (Lipinski definition) is 2. The molecule has 0 spiro atoms. The number of aromatic nitrogens is 1. The fraction of sp³-hybridized carbons (Fsp3) is 0.615. The Hall–Kier alpha value is -0.760. The summed E-state index contributed by atoms with van der Waals surface area (Å²) in [6.07, 6.45) is 3.07. The van der Waals surface area contributed by atoms with Crippen LogP contribution in [0, 0.1) is 12.8 Å². The molecule has 0 saturated heterocycles. The Kier molecular flexibility index (Phi) is 5.07. The first-order valence-corrected chi connectivity index (χ1v) is 6.30. The van der Waals surface area contributed by atoms with Crippen molar-refractivity contribution in [1.82, 2.24) is 4.98 Å². The van der Waals surface area contributed by atoms with Gasteiger partial charge in [0.25, 0.3) is 0 Å². The van der Waals surface area contributed by atoms with Gasteiger partial charge in [0.15, 0.2) is 0 Å². The van der Waals surface area contributed by atoms with Crippen LogP contribution >= 0.6 is 11.6 Å². The summed E-state index contributed by atoms with van der Waals surface area (Å²) in [4.78, 5) is 6.55. The third kappa shape index (κ3) is 3.67. The minimum Gasteiger partial charge on any atom is -0.374 e. The van der Waals surface area contributed by atoms with Crippen LogP contribution in [0.25, 0.3) is 0 Å². The van der Waals surface area contributed by atoms with Gasteiger partial charge in [-0.05, 0) is 25.3 Å². The number of hydrogen-bond donors (Lipinski definition) is 0. The maximum absolute atomic E-state index is 5.92. The maximum Gasteiger partial charge on any atom is 0.0509 e. The molecule has 0 fully saturated rings. The predicted octanol–water partition coefficient (Wildman–Crippen LogP) is 3.61. The van der Waals surface area contributed by atoms with Crippen LogP contribution in [0.2, 0.25) is 0 Å². The molecule has 0 unspecified atom stereocenters. The molecule has 1 heterocycles. The highest BCUT2D eigenvalue weighted by atomic mass is 35.5. The summed E-state index contributed by atoms with van der Waals surface area (Å²) >= 11 is 5.92. The highest BCUT2D eigenvalue weighted by molar-refractivity contribution is 6.17. The first-order valence-electron chi connectivity index (χ1n) is 5.77. The van der Waals surface area contributed by atoms with E-state index in [2.05, 4.69) is 36.8 Å². The van der Waals surface area contributed by atoms with E-state index < -0.39 is 0 Å². The first kappa shape index (κ1) is 13.3. The molecule has 0 aliphatic rings. The van der Waals surface area contributed by atoms with Gasteiger partial charge in [0.1, 0.15) is 0 Å². The molecule has 0 saturated carbocycles. The zero-order chi connectivity index (χ0) is 12.1. The maximum atomic E-state index is 5.92. The molecule has 0 amide bonds. The summed E-state index contributed by atoms with van der Waals surface area (Å²) in [6.45, 7) is 7.56. The van der Waals surface area contributed by atoms with Crippen LogP contribution in [0.1, 0.15) is 31.5 Å². The zero-order valence-electron chi connectivity index (χ0n) is 10.6. The number of alkyl halides is 1. The predicted molar refractivity (Wildman–Crippen MR) is 71.3 cm³/mol. The lowest BCUT2D eigenvalue weighted by Gasteiger charge is -2.23. The Balaban J connectivity index is 2.80. The highest BCUT2D eigenvalue weighted by Gasteiger charge is 2.08. The average molecular weight is 241 g/mol. The van der Waals surface area contributed by atoms with Crippen LogP contribution in [-0.2, 0) is 5.88 Å². The molecule has 0 radical (unpaired) electrons. The molecular weight excluding hydrogens is 220 g/mol. The summed E-state index contributed by atoms with van der Waals surface area (Å²) < 4.78 is 0. The van der Waals surface area contributed by atoms with Gasteiger partial charge in [-0.1, -0.05) is 13.8 Å². The van der Waals surface area contributed by atoms with Crippen molar-refractivity contribution in [3.63, 3.8) is 0 Å². The topological polar surface area (TPSA) is 16.1 Å². The number of aryl methyl sites for hydroxylation is 1. The van der Waals surface area contributed by atoms with E-state index in [0.717, 1.165) is 23.7 Å². The molecule has 0 aliphatic carbocycles. The van der Waals surface area contributed by atoms with Crippen LogP contribution < -0.4 is 4.90 Å². The van der Waals surface area contributed by atoms with Gasteiger partial charge in [0.2, 0.25) is 0 Å². The van der Waals surface area contributed by atoms with E-state index in [4.69, 9.17) is 11.6 Å². The van der Waals surface area contributed by atoms with E-state index in [1.807, 2.05) is 13.1 Å². The van der Waals surface area contributed by atoms with Crippen molar-refractivity contribution in [1.29, 1.82) is 0 Å². The van der Waals surface area contributed by atoms with E-state index in [1.54, 1.807) is 0 Å². The van der Waals surface area contributed by atoms with E-state index in [9.17, 15) is 0 Å². The van der Waals surface area contributed by atoms with Crippen molar-refractivity contribution in [2.45, 2.75) is 33.1 Å². The molecule has 1 rings (SSSR count). The smallest absolute Gasteiger partial charge is 0.0509 e. The van der Waals surface area contributed by atoms with Crippen LogP contribution in [0.3, 0.4) is 0 Å². The van der Waals surface area contributed by atoms with Gasteiger partial charge in [-0.3, -0.25) is 4.98 Å². The van der Waals surface area contributed by atoms with Crippen molar-refractivity contribution in [2.75, 3.05) is 18.5 Å².